The summed E-state index contributed by atoms with van der Waals surface area (Å²) >= 11 is 3.27. The first-order valence-electron chi connectivity index (χ1n) is 10.3. The molecule has 1 amide bonds. The van der Waals surface area contributed by atoms with Crippen LogP contribution in [0, 0.1) is 6.92 Å². The lowest BCUT2D eigenvalue weighted by Crippen LogP contribution is -2.40. The quantitative estimate of drug-likeness (QED) is 0.399. The number of hydrogen-bond donors (Lipinski definition) is 1. The number of hydrogen-bond acceptors (Lipinski definition) is 4. The van der Waals surface area contributed by atoms with Gasteiger partial charge in [-0.05, 0) is 70.9 Å². The van der Waals surface area contributed by atoms with Gasteiger partial charge >= 0.3 is 6.18 Å². The van der Waals surface area contributed by atoms with Gasteiger partial charge in [-0.25, -0.2) is 8.42 Å². The van der Waals surface area contributed by atoms with Crippen LogP contribution in [0.4, 0.5) is 18.9 Å². The summed E-state index contributed by atoms with van der Waals surface area (Å²) in [5, 5.41) is 2.50. The van der Waals surface area contributed by atoms with Crippen LogP contribution in [0.25, 0.3) is 0 Å². The molecule has 0 bridgehead atoms. The third kappa shape index (κ3) is 6.55. The second-order valence-corrected chi connectivity index (χ2v) is 10.3. The summed E-state index contributed by atoms with van der Waals surface area (Å²) in [5.41, 5.74) is 0.555. The Balaban J connectivity index is 1.86. The summed E-state index contributed by atoms with van der Waals surface area (Å²) in [7, 11) is -2.73. The number of halogens is 4. The van der Waals surface area contributed by atoms with E-state index in [1.807, 2.05) is 6.92 Å². The van der Waals surface area contributed by atoms with E-state index in [0.29, 0.717) is 10.2 Å². The van der Waals surface area contributed by atoms with Gasteiger partial charge in [-0.1, -0.05) is 29.8 Å². The molecule has 6 nitrogen and oxygen atoms in total. The number of aryl methyl sites for hydroxylation is 1. The van der Waals surface area contributed by atoms with Gasteiger partial charge in [-0.3, -0.25) is 9.10 Å². The average molecular weight is 571 g/mol. The maximum atomic E-state index is 13.5. The zero-order chi connectivity index (χ0) is 25.8. The maximum Gasteiger partial charge on any atom is 0.416 e. The van der Waals surface area contributed by atoms with Crippen molar-refractivity contribution in [3.05, 3.63) is 87.9 Å². The summed E-state index contributed by atoms with van der Waals surface area (Å²) in [5.74, 6) is -0.246. The minimum absolute atomic E-state index is 0.0728. The maximum absolute atomic E-state index is 13.5. The van der Waals surface area contributed by atoms with Crippen molar-refractivity contribution in [2.75, 3.05) is 18.0 Å². The lowest BCUT2D eigenvalue weighted by molar-refractivity contribution is -0.137. The number of amides is 1. The normalized spacial score (nSPS) is 11.7. The van der Waals surface area contributed by atoms with Crippen molar-refractivity contribution >= 4 is 37.5 Å². The molecular weight excluding hydrogens is 549 g/mol. The van der Waals surface area contributed by atoms with Crippen LogP contribution < -0.4 is 14.4 Å². The van der Waals surface area contributed by atoms with Crippen molar-refractivity contribution in [1.82, 2.24) is 5.32 Å². The number of benzene rings is 3. The van der Waals surface area contributed by atoms with Crippen LogP contribution in [0.3, 0.4) is 0 Å². The highest BCUT2D eigenvalue weighted by atomic mass is 79.9. The molecule has 0 atom stereocenters. The Morgan fingerprint density at radius 2 is 1.74 bits per heavy atom. The lowest BCUT2D eigenvalue weighted by Gasteiger charge is -2.24. The van der Waals surface area contributed by atoms with Crippen LogP contribution >= 0.6 is 15.9 Å². The third-order valence-electron chi connectivity index (χ3n) is 5.06. The molecule has 3 rings (SSSR count). The SMILES string of the molecule is COc1ccc(S(=O)(=O)N(CC(=O)NCc2cccc(C(F)(F)F)c2)c2ccc(C)cc2)cc1Br. The number of anilines is 1. The van der Waals surface area contributed by atoms with Crippen LogP contribution in [-0.4, -0.2) is 28.0 Å². The molecule has 0 unspecified atom stereocenters. The third-order valence-corrected chi connectivity index (χ3v) is 7.45. The first-order valence-corrected chi connectivity index (χ1v) is 12.5. The van der Waals surface area contributed by atoms with Crippen LogP contribution in [0.5, 0.6) is 5.75 Å². The molecule has 0 aliphatic rings. The number of carbonyl (C=O) groups excluding carboxylic acids is 1. The fourth-order valence-electron chi connectivity index (χ4n) is 3.21. The standard InChI is InChI=1S/C24H22BrF3N2O4S/c1-16-6-8-19(9-7-16)30(35(32,33)20-10-11-22(34-2)21(25)13-20)15-23(31)29-14-17-4-3-5-18(12-17)24(26,27)28/h3-13H,14-15H2,1-2H3,(H,29,31). The summed E-state index contributed by atoms with van der Waals surface area (Å²) in [6, 6.07) is 15.3. The van der Waals surface area contributed by atoms with Crippen molar-refractivity contribution in [1.29, 1.82) is 0 Å². The molecular formula is C24H22BrF3N2O4S. The molecule has 0 heterocycles. The Bertz CT molecular complexity index is 1310. The molecule has 0 radical (unpaired) electrons. The van der Waals surface area contributed by atoms with Gasteiger partial charge in [0.15, 0.2) is 0 Å². The molecule has 0 saturated carbocycles. The summed E-state index contributed by atoms with van der Waals surface area (Å²) in [6.07, 6.45) is -4.51. The van der Waals surface area contributed by atoms with E-state index in [2.05, 4.69) is 21.2 Å². The lowest BCUT2D eigenvalue weighted by atomic mass is 10.1. The smallest absolute Gasteiger partial charge is 0.416 e. The minimum atomic E-state index is -4.51. The van der Waals surface area contributed by atoms with Crippen molar-refractivity contribution in [2.45, 2.75) is 24.5 Å². The zero-order valence-corrected chi connectivity index (χ0v) is 21.2. The molecule has 3 aromatic carbocycles. The highest BCUT2D eigenvalue weighted by Gasteiger charge is 2.31. The number of nitrogens with zero attached hydrogens (tertiary/aromatic N) is 1. The topological polar surface area (TPSA) is 75.7 Å². The second kappa shape index (κ2) is 10.7. The van der Waals surface area contributed by atoms with Crippen LogP contribution in [-0.2, 0) is 27.5 Å². The molecule has 186 valence electrons. The Morgan fingerprint density at radius 3 is 2.34 bits per heavy atom. The van der Waals surface area contributed by atoms with E-state index in [9.17, 15) is 26.4 Å². The fraction of sp³-hybridized carbons (Fsp3) is 0.208. The predicted molar refractivity (Wildman–Crippen MR) is 130 cm³/mol. The van der Waals surface area contributed by atoms with E-state index < -0.39 is 34.2 Å². The number of carbonyl (C=O) groups is 1. The molecule has 1 N–H and O–H groups in total. The molecule has 3 aromatic rings. The largest absolute Gasteiger partial charge is 0.496 e. The van der Waals surface area contributed by atoms with Gasteiger partial charge in [0.05, 0.1) is 27.7 Å². The fourth-order valence-corrected chi connectivity index (χ4v) is 5.35. The van der Waals surface area contributed by atoms with Gasteiger partial charge in [0.25, 0.3) is 10.0 Å². The number of ether oxygens (including phenoxy) is 1. The number of rotatable bonds is 8. The van der Waals surface area contributed by atoms with E-state index in [-0.39, 0.29) is 22.7 Å². The average Bonchev–Trinajstić information content (AvgIpc) is 2.81. The van der Waals surface area contributed by atoms with E-state index in [0.717, 1.165) is 22.0 Å². The Kier molecular flexibility index (Phi) is 8.11. The van der Waals surface area contributed by atoms with Gasteiger partial charge in [0.1, 0.15) is 12.3 Å². The van der Waals surface area contributed by atoms with Crippen molar-refractivity contribution < 1.29 is 31.1 Å². The number of sulfonamides is 1. The van der Waals surface area contributed by atoms with Gasteiger partial charge < -0.3 is 10.1 Å². The Labute approximate surface area is 209 Å². The van der Waals surface area contributed by atoms with Crippen molar-refractivity contribution in [3.63, 3.8) is 0 Å². The Hall–Kier alpha value is -3.05. The monoisotopic (exact) mass is 570 g/mol. The van der Waals surface area contributed by atoms with E-state index in [1.54, 1.807) is 24.3 Å². The van der Waals surface area contributed by atoms with E-state index in [1.165, 1.54) is 37.4 Å². The molecule has 35 heavy (non-hydrogen) atoms. The molecule has 0 spiro atoms. The molecule has 0 aromatic heterocycles. The molecule has 0 aliphatic heterocycles. The van der Waals surface area contributed by atoms with Gasteiger partial charge in [-0.15, -0.1) is 0 Å². The zero-order valence-electron chi connectivity index (χ0n) is 18.8. The predicted octanol–water partition coefficient (Wildman–Crippen LogP) is 5.30. The van der Waals surface area contributed by atoms with Crippen molar-refractivity contribution in [3.8, 4) is 5.75 Å². The Morgan fingerprint density at radius 1 is 1.06 bits per heavy atom. The highest BCUT2D eigenvalue weighted by molar-refractivity contribution is 9.10. The molecule has 0 aliphatic carbocycles. The molecule has 0 fully saturated rings. The first-order chi connectivity index (χ1) is 16.4. The number of nitrogens with one attached hydrogen (secondary N) is 1. The van der Waals surface area contributed by atoms with Gasteiger partial charge in [0, 0.05) is 6.54 Å². The van der Waals surface area contributed by atoms with Crippen LogP contribution in [0.1, 0.15) is 16.7 Å². The summed E-state index contributed by atoms with van der Waals surface area (Å²) in [6.45, 7) is 1.07. The highest BCUT2D eigenvalue weighted by Crippen LogP contribution is 2.31. The second-order valence-electron chi connectivity index (χ2n) is 7.62. The van der Waals surface area contributed by atoms with Gasteiger partial charge in [-0.2, -0.15) is 13.2 Å². The minimum Gasteiger partial charge on any atom is -0.496 e. The van der Waals surface area contributed by atoms with Crippen molar-refractivity contribution in [2.24, 2.45) is 0 Å². The number of methoxy groups -OCH3 is 1. The van der Waals surface area contributed by atoms with Crippen LogP contribution in [0.2, 0.25) is 0 Å². The summed E-state index contributed by atoms with van der Waals surface area (Å²) in [4.78, 5) is 12.7. The number of alkyl halides is 3. The molecule has 0 saturated heterocycles. The van der Waals surface area contributed by atoms with E-state index in [4.69, 9.17) is 4.74 Å². The van der Waals surface area contributed by atoms with Crippen LogP contribution in [0.15, 0.2) is 76.1 Å². The molecule has 11 heteroatoms. The first kappa shape index (κ1) is 26.6. The summed E-state index contributed by atoms with van der Waals surface area (Å²) < 4.78 is 72.4. The van der Waals surface area contributed by atoms with E-state index >= 15 is 0 Å². The van der Waals surface area contributed by atoms with Gasteiger partial charge in [0.2, 0.25) is 5.91 Å².